The van der Waals surface area contributed by atoms with Gasteiger partial charge in [0.2, 0.25) is 6.29 Å². The van der Waals surface area contributed by atoms with E-state index in [-0.39, 0.29) is 24.7 Å². The maximum Gasteiger partial charge on any atom is 0.288 e. The van der Waals surface area contributed by atoms with Gasteiger partial charge >= 0.3 is 0 Å². The normalized spacial score (nSPS) is 27.0. The Bertz CT molecular complexity index is 537. The number of ether oxygens (including phenoxy) is 2. The molecule has 0 unspecified atom stereocenters. The van der Waals surface area contributed by atoms with Crippen molar-refractivity contribution in [3.8, 4) is 0 Å². The van der Waals surface area contributed by atoms with Crippen LogP contribution in [0.2, 0.25) is 0 Å². The van der Waals surface area contributed by atoms with E-state index in [4.69, 9.17) is 14.6 Å². The summed E-state index contributed by atoms with van der Waals surface area (Å²) in [5.41, 5.74) is 0. The molecule has 0 aromatic heterocycles. The highest BCUT2D eigenvalue weighted by molar-refractivity contribution is 5.91. The number of aliphatic hydroxyl groups excluding tert-OH is 1. The minimum Gasteiger partial charge on any atom is -0.459 e. The highest BCUT2D eigenvalue weighted by Gasteiger charge is 2.34. The molecule has 0 aromatic carbocycles. The molecule has 0 bridgehead atoms. The van der Waals surface area contributed by atoms with E-state index in [1.807, 2.05) is 11.0 Å². The second kappa shape index (κ2) is 11.3. The molecule has 0 spiro atoms. The molecule has 6 nitrogen and oxygen atoms in total. The van der Waals surface area contributed by atoms with Gasteiger partial charge in [0.25, 0.3) is 5.91 Å². The molecule has 6 heteroatoms. The molecule has 3 aliphatic heterocycles. The summed E-state index contributed by atoms with van der Waals surface area (Å²) in [7, 11) is 0. The van der Waals surface area contributed by atoms with Crippen molar-refractivity contribution >= 4 is 5.91 Å². The molecule has 29 heavy (non-hydrogen) atoms. The number of piperidine rings is 2. The Kier molecular flexibility index (Phi) is 8.82. The number of hydrogen-bond donors (Lipinski definition) is 1. The van der Waals surface area contributed by atoms with Crippen molar-refractivity contribution in [1.29, 1.82) is 0 Å². The predicted octanol–water partition coefficient (Wildman–Crippen LogP) is 3.15. The number of carbonyl (C=O) groups is 1. The SMILES string of the molecule is CC(C)[C@H]1C=C(C(=O)N2CCC(N3CCCCC3)CC2)O[C@@H](OCCCCO)C1. The Balaban J connectivity index is 1.53. The van der Waals surface area contributed by atoms with Crippen molar-refractivity contribution in [1.82, 2.24) is 9.80 Å². The molecule has 0 radical (unpaired) electrons. The lowest BCUT2D eigenvalue weighted by Crippen LogP contribution is -2.49. The highest BCUT2D eigenvalue weighted by atomic mass is 16.7. The molecule has 1 amide bonds. The minimum atomic E-state index is -0.365. The minimum absolute atomic E-state index is 0.0244. The van der Waals surface area contributed by atoms with E-state index >= 15 is 0 Å². The number of aliphatic hydroxyl groups is 1. The van der Waals surface area contributed by atoms with Gasteiger partial charge < -0.3 is 24.4 Å². The second-order valence-corrected chi connectivity index (χ2v) is 9.14. The first-order valence-electron chi connectivity index (χ1n) is 11.7. The molecule has 3 aliphatic rings. The number of amides is 1. The lowest BCUT2D eigenvalue weighted by molar-refractivity contribution is -0.157. The first kappa shape index (κ1) is 22.6. The van der Waals surface area contributed by atoms with Crippen molar-refractivity contribution in [2.45, 2.75) is 77.5 Å². The van der Waals surface area contributed by atoms with Gasteiger partial charge in [-0.3, -0.25) is 4.79 Å². The molecule has 1 N–H and O–H groups in total. The molecule has 2 fully saturated rings. The predicted molar refractivity (Wildman–Crippen MR) is 113 cm³/mol. The van der Waals surface area contributed by atoms with E-state index in [1.165, 1.54) is 32.4 Å². The van der Waals surface area contributed by atoms with Crippen LogP contribution in [0.3, 0.4) is 0 Å². The molecule has 0 saturated carbocycles. The fourth-order valence-electron chi connectivity index (χ4n) is 4.70. The number of unbranched alkanes of at least 4 members (excludes halogenated alkanes) is 1. The monoisotopic (exact) mass is 408 g/mol. The van der Waals surface area contributed by atoms with Gasteiger partial charge in [-0.05, 0) is 69.5 Å². The lowest BCUT2D eigenvalue weighted by Gasteiger charge is -2.40. The lowest BCUT2D eigenvalue weighted by atomic mass is 9.90. The topological polar surface area (TPSA) is 62.2 Å². The quantitative estimate of drug-likeness (QED) is 0.625. The molecule has 3 rings (SSSR count). The zero-order chi connectivity index (χ0) is 20.6. The standard InChI is InChI=1S/C23H40N2O4/c1-18(2)19-16-21(29-22(17-19)28-15-7-6-14-26)23(27)25-12-8-20(9-13-25)24-10-4-3-5-11-24/h16,18-20,22,26H,3-15,17H2,1-2H3/t19-,22+/m0/s1. The van der Waals surface area contributed by atoms with E-state index in [0.717, 1.165) is 45.2 Å². The van der Waals surface area contributed by atoms with Gasteiger partial charge in [-0.15, -0.1) is 0 Å². The maximum atomic E-state index is 13.2. The van der Waals surface area contributed by atoms with Gasteiger partial charge in [0.1, 0.15) is 0 Å². The number of carbonyl (C=O) groups excluding carboxylic acids is 1. The average Bonchev–Trinajstić information content (AvgIpc) is 2.77. The molecule has 3 heterocycles. The molecule has 166 valence electrons. The van der Waals surface area contributed by atoms with E-state index in [9.17, 15) is 4.79 Å². The Morgan fingerprint density at radius 2 is 1.90 bits per heavy atom. The van der Waals surface area contributed by atoms with Crippen LogP contribution in [0, 0.1) is 11.8 Å². The Hall–Kier alpha value is -1.11. The molecule has 0 aromatic rings. The largest absolute Gasteiger partial charge is 0.459 e. The van der Waals surface area contributed by atoms with Gasteiger partial charge in [-0.1, -0.05) is 20.3 Å². The smallest absolute Gasteiger partial charge is 0.288 e. The molecule has 0 aliphatic carbocycles. The van der Waals surface area contributed by atoms with Crippen LogP contribution in [0.1, 0.15) is 65.2 Å². The van der Waals surface area contributed by atoms with E-state index < -0.39 is 0 Å². The second-order valence-electron chi connectivity index (χ2n) is 9.14. The average molecular weight is 409 g/mol. The van der Waals surface area contributed by atoms with Crippen LogP contribution in [0.25, 0.3) is 0 Å². The number of nitrogens with zero attached hydrogens (tertiary/aromatic N) is 2. The number of rotatable bonds is 8. The van der Waals surface area contributed by atoms with Gasteiger partial charge in [0.15, 0.2) is 5.76 Å². The summed E-state index contributed by atoms with van der Waals surface area (Å²) in [6, 6.07) is 0.631. The van der Waals surface area contributed by atoms with Crippen molar-refractivity contribution in [3.63, 3.8) is 0 Å². The molecular formula is C23H40N2O4. The van der Waals surface area contributed by atoms with Crippen LogP contribution in [0.5, 0.6) is 0 Å². The Morgan fingerprint density at radius 3 is 2.55 bits per heavy atom. The maximum absolute atomic E-state index is 13.2. The zero-order valence-electron chi connectivity index (χ0n) is 18.4. The van der Waals surface area contributed by atoms with Crippen LogP contribution >= 0.6 is 0 Å². The zero-order valence-corrected chi connectivity index (χ0v) is 18.4. The molecule has 2 saturated heterocycles. The summed E-state index contributed by atoms with van der Waals surface area (Å²) < 4.78 is 11.9. The fourth-order valence-corrected chi connectivity index (χ4v) is 4.70. The summed E-state index contributed by atoms with van der Waals surface area (Å²) in [5.74, 6) is 1.22. The summed E-state index contributed by atoms with van der Waals surface area (Å²) in [6.45, 7) is 9.17. The van der Waals surface area contributed by atoms with Gasteiger partial charge in [0, 0.05) is 32.2 Å². The van der Waals surface area contributed by atoms with Gasteiger partial charge in [-0.2, -0.15) is 0 Å². The van der Waals surface area contributed by atoms with Crippen molar-refractivity contribution in [2.75, 3.05) is 39.4 Å². The number of likely N-dealkylation sites (tertiary alicyclic amines) is 2. The summed E-state index contributed by atoms with van der Waals surface area (Å²) in [6.07, 6.45) is 10.1. The van der Waals surface area contributed by atoms with Crippen molar-refractivity contribution in [2.24, 2.45) is 11.8 Å². The van der Waals surface area contributed by atoms with E-state index in [0.29, 0.717) is 24.3 Å². The van der Waals surface area contributed by atoms with Crippen LogP contribution in [0.15, 0.2) is 11.8 Å². The summed E-state index contributed by atoms with van der Waals surface area (Å²) >= 11 is 0. The van der Waals surface area contributed by atoms with Crippen molar-refractivity contribution < 1.29 is 19.4 Å². The number of allylic oxidation sites excluding steroid dienone is 1. The highest BCUT2D eigenvalue weighted by Crippen LogP contribution is 2.30. The third-order valence-electron chi connectivity index (χ3n) is 6.67. The van der Waals surface area contributed by atoms with Crippen LogP contribution in [-0.2, 0) is 14.3 Å². The third kappa shape index (κ3) is 6.43. The van der Waals surface area contributed by atoms with Gasteiger partial charge in [-0.25, -0.2) is 0 Å². The third-order valence-corrected chi connectivity index (χ3v) is 6.67. The van der Waals surface area contributed by atoms with Crippen LogP contribution in [-0.4, -0.2) is 72.5 Å². The summed E-state index contributed by atoms with van der Waals surface area (Å²) in [5, 5.41) is 8.93. The summed E-state index contributed by atoms with van der Waals surface area (Å²) in [4.78, 5) is 17.8. The first-order valence-corrected chi connectivity index (χ1v) is 11.7. The first-order chi connectivity index (χ1) is 14.1. The fraction of sp³-hybridized carbons (Fsp3) is 0.870. The van der Waals surface area contributed by atoms with Crippen LogP contribution < -0.4 is 0 Å². The van der Waals surface area contributed by atoms with Gasteiger partial charge in [0.05, 0.1) is 6.61 Å². The van der Waals surface area contributed by atoms with Crippen molar-refractivity contribution in [3.05, 3.63) is 11.8 Å². The molecular weight excluding hydrogens is 368 g/mol. The van der Waals surface area contributed by atoms with E-state index in [1.54, 1.807) is 0 Å². The number of hydrogen-bond acceptors (Lipinski definition) is 5. The Morgan fingerprint density at radius 1 is 1.17 bits per heavy atom. The Labute approximate surface area is 176 Å². The van der Waals surface area contributed by atoms with Crippen LogP contribution in [0.4, 0.5) is 0 Å². The molecule has 2 atom stereocenters. The van der Waals surface area contributed by atoms with E-state index in [2.05, 4.69) is 18.7 Å².